The summed E-state index contributed by atoms with van der Waals surface area (Å²) in [4.78, 5) is 30.5. The average Bonchev–Trinajstić information content (AvgIpc) is 2.72. The van der Waals surface area contributed by atoms with Gasteiger partial charge in [-0.3, -0.25) is 14.6 Å². The van der Waals surface area contributed by atoms with Gasteiger partial charge in [-0.15, -0.1) is 0 Å². The Hall–Kier alpha value is -3.52. The second kappa shape index (κ2) is 7.79. The van der Waals surface area contributed by atoms with E-state index in [9.17, 15) is 14.9 Å². The van der Waals surface area contributed by atoms with Gasteiger partial charge in [-0.25, -0.2) is 0 Å². The molecule has 0 saturated carbocycles. The summed E-state index contributed by atoms with van der Waals surface area (Å²) in [6, 6.07) is 21.7. The topological polar surface area (TPSA) is 80.1 Å². The summed E-state index contributed by atoms with van der Waals surface area (Å²) in [5.41, 5.74) is 0.0378. The summed E-state index contributed by atoms with van der Waals surface area (Å²) < 4.78 is 4.93. The van der Waals surface area contributed by atoms with Crippen LogP contribution < -0.4 is 0 Å². The van der Waals surface area contributed by atoms with E-state index >= 15 is 0 Å². The molecule has 1 aromatic heterocycles. The lowest BCUT2D eigenvalue weighted by molar-refractivity contribution is -0.149. The number of nitriles is 1. The molecule has 3 rings (SSSR count). The number of pyridine rings is 1. The fourth-order valence-corrected chi connectivity index (χ4v) is 3.17. The summed E-state index contributed by atoms with van der Waals surface area (Å²) in [7, 11) is 1.22. The first-order chi connectivity index (χ1) is 13.1. The van der Waals surface area contributed by atoms with Crippen LogP contribution >= 0.6 is 0 Å². The highest BCUT2D eigenvalue weighted by molar-refractivity contribution is 6.13. The number of benzene rings is 2. The molecule has 0 spiro atoms. The molecule has 134 valence electrons. The van der Waals surface area contributed by atoms with E-state index in [2.05, 4.69) is 4.98 Å². The molecule has 5 heteroatoms. The zero-order chi connectivity index (χ0) is 19.3. The molecule has 1 atom stereocenters. The number of nitrogens with zero attached hydrogens (tertiary/aromatic N) is 2. The number of esters is 1. The summed E-state index contributed by atoms with van der Waals surface area (Å²) in [5.74, 6) is -1.17. The lowest BCUT2D eigenvalue weighted by Gasteiger charge is -2.27. The van der Waals surface area contributed by atoms with E-state index in [1.165, 1.54) is 7.11 Å². The normalized spacial score (nSPS) is 12.7. The van der Waals surface area contributed by atoms with Crippen LogP contribution in [0.3, 0.4) is 0 Å². The van der Waals surface area contributed by atoms with Gasteiger partial charge in [0.05, 0.1) is 25.1 Å². The predicted octanol–water partition coefficient (Wildman–Crippen LogP) is 3.73. The summed E-state index contributed by atoms with van der Waals surface area (Å²) in [6.07, 6.45) is -0.298. The van der Waals surface area contributed by atoms with E-state index in [0.29, 0.717) is 11.3 Å². The average molecular weight is 358 g/mol. The van der Waals surface area contributed by atoms with Crippen LogP contribution in [0.4, 0.5) is 0 Å². The molecule has 2 aromatic carbocycles. The molecule has 1 unspecified atom stereocenters. The van der Waals surface area contributed by atoms with Crippen LogP contribution in [-0.2, 0) is 16.0 Å². The van der Waals surface area contributed by atoms with Crippen LogP contribution in [0.2, 0.25) is 0 Å². The quantitative estimate of drug-likeness (QED) is 0.381. The van der Waals surface area contributed by atoms with Crippen molar-refractivity contribution in [3.63, 3.8) is 0 Å². The van der Waals surface area contributed by atoms with Gasteiger partial charge in [-0.2, -0.15) is 5.26 Å². The van der Waals surface area contributed by atoms with Gasteiger partial charge in [0.2, 0.25) is 0 Å². The molecule has 0 radical (unpaired) electrons. The molecule has 0 saturated heterocycles. The second-order valence-corrected chi connectivity index (χ2v) is 6.28. The van der Waals surface area contributed by atoms with Gasteiger partial charge < -0.3 is 4.74 Å². The van der Waals surface area contributed by atoms with Crippen molar-refractivity contribution in [1.82, 2.24) is 4.98 Å². The fraction of sp³-hybridized carbons (Fsp3) is 0.182. The number of hydrogen-bond acceptors (Lipinski definition) is 5. The Morgan fingerprint density at radius 1 is 1.04 bits per heavy atom. The number of Topliss-reactive ketones (excluding diaryl/α,β-unsaturated/α-hetero) is 1. The predicted molar refractivity (Wildman–Crippen MR) is 101 cm³/mol. The van der Waals surface area contributed by atoms with E-state index < -0.39 is 17.2 Å². The number of ether oxygens (including phenoxy) is 1. The SMILES string of the molecule is COC(=O)C(CC#N)(Cc1ccc2ccccc2n1)C(=O)c1ccccc1. The Morgan fingerprint density at radius 3 is 2.44 bits per heavy atom. The second-order valence-electron chi connectivity index (χ2n) is 6.28. The maximum atomic E-state index is 13.2. The fourth-order valence-electron chi connectivity index (χ4n) is 3.17. The number of methoxy groups -OCH3 is 1. The minimum absolute atomic E-state index is 0.00814. The van der Waals surface area contributed by atoms with Gasteiger partial charge in [0, 0.05) is 23.1 Å². The smallest absolute Gasteiger partial charge is 0.321 e. The van der Waals surface area contributed by atoms with E-state index in [4.69, 9.17) is 4.74 Å². The zero-order valence-electron chi connectivity index (χ0n) is 14.9. The Bertz CT molecular complexity index is 1020. The number of para-hydroxylation sites is 1. The third-order valence-electron chi connectivity index (χ3n) is 4.57. The molecule has 3 aromatic rings. The number of hydrogen-bond donors (Lipinski definition) is 0. The maximum absolute atomic E-state index is 13.2. The third kappa shape index (κ3) is 3.56. The van der Waals surface area contributed by atoms with Crippen molar-refractivity contribution >= 4 is 22.7 Å². The van der Waals surface area contributed by atoms with Crippen LogP contribution in [0.15, 0.2) is 66.7 Å². The van der Waals surface area contributed by atoms with Gasteiger partial charge >= 0.3 is 5.97 Å². The summed E-state index contributed by atoms with van der Waals surface area (Å²) in [6.45, 7) is 0. The Kier molecular flexibility index (Phi) is 5.28. The van der Waals surface area contributed by atoms with Crippen molar-refractivity contribution < 1.29 is 14.3 Å². The first-order valence-corrected chi connectivity index (χ1v) is 8.50. The standard InChI is InChI=1S/C22H18N2O3/c1-27-21(26)22(13-14-23,20(25)17-8-3-2-4-9-17)15-18-12-11-16-7-5-6-10-19(16)24-18/h2-12H,13,15H2,1H3. The van der Waals surface area contributed by atoms with Gasteiger partial charge in [0.15, 0.2) is 5.78 Å². The van der Waals surface area contributed by atoms with Crippen LogP contribution in [0.1, 0.15) is 22.5 Å². The number of fused-ring (bicyclic) bond motifs is 1. The van der Waals surface area contributed by atoms with E-state index in [1.54, 1.807) is 36.4 Å². The lowest BCUT2D eigenvalue weighted by atomic mass is 9.74. The molecule has 0 amide bonds. The minimum atomic E-state index is -1.64. The van der Waals surface area contributed by atoms with Crippen molar-refractivity contribution in [2.75, 3.05) is 7.11 Å². The maximum Gasteiger partial charge on any atom is 0.321 e. The molecule has 0 N–H and O–H groups in total. The highest BCUT2D eigenvalue weighted by atomic mass is 16.5. The Balaban J connectivity index is 2.09. The number of rotatable bonds is 6. The van der Waals surface area contributed by atoms with Crippen LogP contribution in [0.25, 0.3) is 10.9 Å². The molecule has 0 bridgehead atoms. The van der Waals surface area contributed by atoms with E-state index in [-0.39, 0.29) is 12.8 Å². The summed E-state index contributed by atoms with van der Waals surface area (Å²) in [5, 5.41) is 10.3. The van der Waals surface area contributed by atoms with Crippen molar-refractivity contribution in [1.29, 1.82) is 5.26 Å². The molecule has 27 heavy (non-hydrogen) atoms. The van der Waals surface area contributed by atoms with Crippen LogP contribution in [0.5, 0.6) is 0 Å². The monoisotopic (exact) mass is 358 g/mol. The largest absolute Gasteiger partial charge is 0.468 e. The van der Waals surface area contributed by atoms with Crippen LogP contribution in [-0.4, -0.2) is 23.8 Å². The van der Waals surface area contributed by atoms with Crippen molar-refractivity contribution in [3.05, 3.63) is 78.0 Å². The van der Waals surface area contributed by atoms with Crippen molar-refractivity contribution in [2.24, 2.45) is 5.41 Å². The van der Waals surface area contributed by atoms with Gasteiger partial charge in [-0.05, 0) is 12.1 Å². The molecule has 0 fully saturated rings. The minimum Gasteiger partial charge on any atom is -0.468 e. The molecule has 0 aliphatic carbocycles. The third-order valence-corrected chi connectivity index (χ3v) is 4.57. The highest BCUT2D eigenvalue weighted by Gasteiger charge is 2.47. The number of ketones is 1. The molecular weight excluding hydrogens is 340 g/mol. The van der Waals surface area contributed by atoms with Gasteiger partial charge in [-0.1, -0.05) is 54.6 Å². The number of carbonyl (C=O) groups is 2. The highest BCUT2D eigenvalue weighted by Crippen LogP contribution is 2.33. The van der Waals surface area contributed by atoms with E-state index in [0.717, 1.165) is 10.9 Å². The Labute approximate surface area is 157 Å². The number of carbonyl (C=O) groups excluding carboxylic acids is 2. The zero-order valence-corrected chi connectivity index (χ0v) is 14.9. The van der Waals surface area contributed by atoms with Crippen molar-refractivity contribution in [2.45, 2.75) is 12.8 Å². The molecule has 1 heterocycles. The van der Waals surface area contributed by atoms with Crippen LogP contribution in [0, 0.1) is 16.7 Å². The molecule has 0 aliphatic heterocycles. The van der Waals surface area contributed by atoms with Gasteiger partial charge in [0.25, 0.3) is 0 Å². The van der Waals surface area contributed by atoms with Crippen molar-refractivity contribution in [3.8, 4) is 6.07 Å². The van der Waals surface area contributed by atoms with Gasteiger partial charge in [0.1, 0.15) is 5.41 Å². The summed E-state index contributed by atoms with van der Waals surface area (Å²) >= 11 is 0. The first kappa shape index (κ1) is 18.3. The lowest BCUT2D eigenvalue weighted by Crippen LogP contribution is -2.42. The number of aromatic nitrogens is 1. The molecular formula is C22H18N2O3. The first-order valence-electron chi connectivity index (χ1n) is 8.50. The molecule has 0 aliphatic rings. The molecule has 5 nitrogen and oxygen atoms in total. The Morgan fingerprint density at radius 2 is 1.74 bits per heavy atom. The van der Waals surface area contributed by atoms with E-state index in [1.807, 2.05) is 36.4 Å².